The van der Waals surface area contributed by atoms with Crippen molar-refractivity contribution in [2.75, 3.05) is 26.2 Å². The molecule has 3 nitrogen and oxygen atoms in total. The molecule has 3 heteroatoms. The maximum atomic E-state index is 5.75. The number of nitrogens with zero attached hydrogens (tertiary/aromatic N) is 1. The number of ether oxygens (including phenoxy) is 1. The highest BCUT2D eigenvalue weighted by atomic mass is 16.5. The maximum Gasteiger partial charge on any atom is 0.0604 e. The lowest BCUT2D eigenvalue weighted by Crippen LogP contribution is -2.52. The second-order valence-electron chi connectivity index (χ2n) is 4.94. The molecule has 2 N–H and O–H groups in total. The number of hydrogen-bond donors (Lipinski definition) is 1. The molecule has 2 fully saturated rings. The van der Waals surface area contributed by atoms with Crippen molar-refractivity contribution in [3.63, 3.8) is 0 Å². The van der Waals surface area contributed by atoms with Crippen LogP contribution in [0.3, 0.4) is 0 Å². The summed E-state index contributed by atoms with van der Waals surface area (Å²) in [6.45, 7) is 6.31. The molecule has 1 aliphatic carbocycles. The van der Waals surface area contributed by atoms with Crippen LogP contribution in [-0.4, -0.2) is 43.3 Å². The van der Waals surface area contributed by atoms with Gasteiger partial charge in [0.2, 0.25) is 0 Å². The summed E-state index contributed by atoms with van der Waals surface area (Å²) in [5, 5.41) is 0. The SMILES string of the molecule is CCOC1CC(N2CCCC(CN)C2)C1. The standard InChI is InChI=1S/C12H24N2O/c1-2-15-12-6-11(7-12)14-5-3-4-10(8-13)9-14/h10-12H,2-9,13H2,1H3. The van der Waals surface area contributed by atoms with Crippen LogP contribution in [0.2, 0.25) is 0 Å². The zero-order valence-corrected chi connectivity index (χ0v) is 9.82. The zero-order chi connectivity index (χ0) is 10.7. The van der Waals surface area contributed by atoms with E-state index in [9.17, 15) is 0 Å². The third-order valence-electron chi connectivity index (χ3n) is 3.87. The summed E-state index contributed by atoms with van der Waals surface area (Å²) in [5.74, 6) is 0.741. The third kappa shape index (κ3) is 2.71. The fourth-order valence-corrected chi connectivity index (χ4v) is 2.83. The van der Waals surface area contributed by atoms with E-state index in [0.717, 1.165) is 25.1 Å². The molecule has 0 aromatic rings. The molecule has 2 aliphatic rings. The monoisotopic (exact) mass is 212 g/mol. The molecule has 2 rings (SSSR count). The molecule has 1 saturated carbocycles. The fraction of sp³-hybridized carbons (Fsp3) is 1.00. The van der Waals surface area contributed by atoms with Crippen molar-refractivity contribution in [2.45, 2.75) is 44.8 Å². The second-order valence-corrected chi connectivity index (χ2v) is 4.94. The Labute approximate surface area is 93.0 Å². The van der Waals surface area contributed by atoms with Crippen LogP contribution in [0.1, 0.15) is 32.6 Å². The molecule has 1 unspecified atom stereocenters. The lowest BCUT2D eigenvalue weighted by molar-refractivity contribution is -0.0550. The van der Waals surface area contributed by atoms with E-state index in [0.29, 0.717) is 6.10 Å². The molecule has 0 amide bonds. The molecule has 15 heavy (non-hydrogen) atoms. The predicted molar refractivity (Wildman–Crippen MR) is 61.8 cm³/mol. The highest BCUT2D eigenvalue weighted by Gasteiger charge is 2.35. The molecule has 1 saturated heterocycles. The summed E-state index contributed by atoms with van der Waals surface area (Å²) < 4.78 is 5.60. The van der Waals surface area contributed by atoms with Crippen LogP contribution in [0.4, 0.5) is 0 Å². The van der Waals surface area contributed by atoms with Crippen molar-refractivity contribution in [3.05, 3.63) is 0 Å². The van der Waals surface area contributed by atoms with Gasteiger partial charge in [0.15, 0.2) is 0 Å². The Bertz CT molecular complexity index is 192. The largest absolute Gasteiger partial charge is 0.378 e. The number of rotatable bonds is 4. The molecule has 0 radical (unpaired) electrons. The first-order chi connectivity index (χ1) is 7.33. The Morgan fingerprint density at radius 1 is 1.40 bits per heavy atom. The topological polar surface area (TPSA) is 38.5 Å². The minimum Gasteiger partial charge on any atom is -0.378 e. The van der Waals surface area contributed by atoms with Crippen LogP contribution in [0.25, 0.3) is 0 Å². The molecule has 0 aromatic carbocycles. The smallest absolute Gasteiger partial charge is 0.0604 e. The number of hydrogen-bond acceptors (Lipinski definition) is 3. The summed E-state index contributed by atoms with van der Waals surface area (Å²) in [6.07, 6.45) is 5.68. The molecule has 0 aromatic heterocycles. The van der Waals surface area contributed by atoms with Crippen molar-refractivity contribution in [2.24, 2.45) is 11.7 Å². The van der Waals surface area contributed by atoms with Crippen LogP contribution in [0.5, 0.6) is 0 Å². The summed E-state index contributed by atoms with van der Waals surface area (Å²) >= 11 is 0. The zero-order valence-electron chi connectivity index (χ0n) is 9.82. The number of likely N-dealkylation sites (tertiary alicyclic amines) is 1. The van der Waals surface area contributed by atoms with E-state index < -0.39 is 0 Å². The average Bonchev–Trinajstić information content (AvgIpc) is 2.23. The van der Waals surface area contributed by atoms with E-state index in [2.05, 4.69) is 11.8 Å². The van der Waals surface area contributed by atoms with Gasteiger partial charge in [0.25, 0.3) is 0 Å². The highest BCUT2D eigenvalue weighted by molar-refractivity contribution is 4.90. The van der Waals surface area contributed by atoms with E-state index in [1.54, 1.807) is 0 Å². The highest BCUT2D eigenvalue weighted by Crippen LogP contribution is 2.31. The Balaban J connectivity index is 1.71. The quantitative estimate of drug-likeness (QED) is 0.761. The van der Waals surface area contributed by atoms with Gasteiger partial charge in [-0.1, -0.05) is 0 Å². The Morgan fingerprint density at radius 2 is 2.20 bits per heavy atom. The van der Waals surface area contributed by atoms with Crippen LogP contribution >= 0.6 is 0 Å². The first-order valence-corrected chi connectivity index (χ1v) is 6.39. The average molecular weight is 212 g/mol. The van der Waals surface area contributed by atoms with E-state index in [-0.39, 0.29) is 0 Å². The Morgan fingerprint density at radius 3 is 2.87 bits per heavy atom. The van der Waals surface area contributed by atoms with E-state index >= 15 is 0 Å². The molecule has 88 valence electrons. The minimum absolute atomic E-state index is 0.540. The first kappa shape index (κ1) is 11.4. The van der Waals surface area contributed by atoms with Crippen molar-refractivity contribution < 1.29 is 4.74 Å². The maximum absolute atomic E-state index is 5.75. The van der Waals surface area contributed by atoms with Gasteiger partial charge in [-0.05, 0) is 51.6 Å². The summed E-state index contributed by atoms with van der Waals surface area (Å²) in [6, 6.07) is 0.788. The molecule has 1 heterocycles. The van der Waals surface area contributed by atoms with Crippen molar-refractivity contribution >= 4 is 0 Å². The Kier molecular flexibility index (Phi) is 4.00. The number of nitrogens with two attached hydrogens (primary N) is 1. The van der Waals surface area contributed by atoms with Gasteiger partial charge in [-0.3, -0.25) is 4.90 Å². The van der Waals surface area contributed by atoms with Gasteiger partial charge in [0.05, 0.1) is 6.10 Å². The predicted octanol–water partition coefficient (Wildman–Crippen LogP) is 1.22. The van der Waals surface area contributed by atoms with Crippen LogP contribution in [-0.2, 0) is 4.74 Å². The first-order valence-electron chi connectivity index (χ1n) is 6.39. The van der Waals surface area contributed by atoms with E-state index in [1.165, 1.54) is 38.8 Å². The van der Waals surface area contributed by atoms with Crippen LogP contribution in [0, 0.1) is 5.92 Å². The summed E-state index contributed by atoms with van der Waals surface area (Å²) in [7, 11) is 0. The van der Waals surface area contributed by atoms with Gasteiger partial charge < -0.3 is 10.5 Å². The Hall–Kier alpha value is -0.120. The molecule has 0 spiro atoms. The van der Waals surface area contributed by atoms with Gasteiger partial charge >= 0.3 is 0 Å². The van der Waals surface area contributed by atoms with Crippen molar-refractivity contribution in [3.8, 4) is 0 Å². The van der Waals surface area contributed by atoms with Gasteiger partial charge in [0, 0.05) is 19.2 Å². The molecule has 0 bridgehead atoms. The van der Waals surface area contributed by atoms with Crippen LogP contribution < -0.4 is 5.73 Å². The number of piperidine rings is 1. The minimum atomic E-state index is 0.540. The molecule has 1 aliphatic heterocycles. The van der Waals surface area contributed by atoms with Gasteiger partial charge in [-0.15, -0.1) is 0 Å². The summed E-state index contributed by atoms with van der Waals surface area (Å²) in [4.78, 5) is 2.64. The van der Waals surface area contributed by atoms with Gasteiger partial charge in [0.1, 0.15) is 0 Å². The van der Waals surface area contributed by atoms with E-state index in [4.69, 9.17) is 10.5 Å². The third-order valence-corrected chi connectivity index (χ3v) is 3.87. The summed E-state index contributed by atoms with van der Waals surface area (Å²) in [5.41, 5.74) is 5.75. The molecular weight excluding hydrogens is 188 g/mol. The fourth-order valence-electron chi connectivity index (χ4n) is 2.83. The van der Waals surface area contributed by atoms with Crippen LogP contribution in [0.15, 0.2) is 0 Å². The normalized spacial score (nSPS) is 37.6. The van der Waals surface area contributed by atoms with Gasteiger partial charge in [-0.25, -0.2) is 0 Å². The second kappa shape index (κ2) is 5.28. The lowest BCUT2D eigenvalue weighted by atomic mass is 9.85. The molecule has 1 atom stereocenters. The molecular formula is C12H24N2O. The lowest BCUT2D eigenvalue weighted by Gasteiger charge is -2.45. The van der Waals surface area contributed by atoms with Crippen molar-refractivity contribution in [1.29, 1.82) is 0 Å². The van der Waals surface area contributed by atoms with Gasteiger partial charge in [-0.2, -0.15) is 0 Å². The van der Waals surface area contributed by atoms with Crippen molar-refractivity contribution in [1.82, 2.24) is 4.90 Å². The van der Waals surface area contributed by atoms with E-state index in [1.807, 2.05) is 0 Å².